The molecule has 1 rings (SSSR count). The molecular weight excluding hydrogens is 328 g/mol. The summed E-state index contributed by atoms with van der Waals surface area (Å²) < 4.78 is 15.0. The van der Waals surface area contributed by atoms with Crippen molar-refractivity contribution >= 4 is 23.5 Å². The van der Waals surface area contributed by atoms with Gasteiger partial charge in [0.2, 0.25) is 0 Å². The number of carboxylic acid groups (broad SMARTS) is 1. The van der Waals surface area contributed by atoms with Gasteiger partial charge < -0.3 is 19.3 Å². The van der Waals surface area contributed by atoms with E-state index in [-0.39, 0.29) is 28.9 Å². The number of esters is 2. The first-order valence-electron chi connectivity index (χ1n) is 7.77. The van der Waals surface area contributed by atoms with Gasteiger partial charge in [-0.05, 0) is 31.0 Å². The first kappa shape index (κ1) is 20.2. The lowest BCUT2D eigenvalue weighted by atomic mass is 9.95. The molecule has 1 N–H and O–H groups in total. The molecule has 0 saturated heterocycles. The first-order valence-corrected chi connectivity index (χ1v) is 7.77. The van der Waals surface area contributed by atoms with Gasteiger partial charge in [-0.1, -0.05) is 13.3 Å². The lowest BCUT2D eigenvalue weighted by molar-refractivity contribution is -0.154. The number of carboxylic acids is 1. The highest BCUT2D eigenvalue weighted by Crippen LogP contribution is 2.34. The minimum Gasteiger partial charge on any atom is -0.497 e. The monoisotopic (exact) mass is 350 g/mol. The average molecular weight is 350 g/mol. The van der Waals surface area contributed by atoms with E-state index >= 15 is 0 Å². The highest BCUT2D eigenvalue weighted by molar-refractivity contribution is 6.25. The van der Waals surface area contributed by atoms with E-state index in [1.54, 1.807) is 12.1 Å². The summed E-state index contributed by atoms with van der Waals surface area (Å²) in [7, 11) is 2.84. The maximum Gasteiger partial charge on any atom is 0.347 e. The number of carbonyl (C=O) groups is 3. The minimum absolute atomic E-state index is 0.139. The second-order valence-electron chi connectivity index (χ2n) is 5.21. The van der Waals surface area contributed by atoms with Gasteiger partial charge in [-0.15, -0.1) is 0 Å². The van der Waals surface area contributed by atoms with Crippen LogP contribution in [0, 0.1) is 0 Å². The predicted octanol–water partition coefficient (Wildman–Crippen LogP) is 2.82. The average Bonchev–Trinajstić information content (AvgIpc) is 2.56. The van der Waals surface area contributed by atoms with E-state index in [2.05, 4.69) is 4.74 Å². The molecule has 0 spiro atoms. The molecule has 0 amide bonds. The van der Waals surface area contributed by atoms with Gasteiger partial charge in [-0.3, -0.25) is 4.79 Å². The van der Waals surface area contributed by atoms with Gasteiger partial charge in [0.05, 0.1) is 25.4 Å². The Morgan fingerprint density at radius 3 is 2.28 bits per heavy atom. The smallest absolute Gasteiger partial charge is 0.347 e. The zero-order chi connectivity index (χ0) is 19.0. The molecule has 0 aliphatic carbocycles. The van der Waals surface area contributed by atoms with Crippen LogP contribution in [0.15, 0.2) is 23.8 Å². The molecule has 0 aliphatic heterocycles. The molecule has 1 aromatic rings. The molecule has 0 saturated carbocycles. The second kappa shape index (κ2) is 9.46. The molecule has 25 heavy (non-hydrogen) atoms. The zero-order valence-corrected chi connectivity index (χ0v) is 14.8. The normalized spacial score (nSPS) is 11.4. The Bertz CT molecular complexity index is 689. The van der Waals surface area contributed by atoms with Crippen molar-refractivity contribution in [2.24, 2.45) is 0 Å². The number of aliphatic carboxylic acids is 1. The number of carbonyl (C=O) groups excluding carboxylic acids is 2. The molecule has 0 bridgehead atoms. The first-order chi connectivity index (χ1) is 11.8. The Hall–Kier alpha value is -2.83. The summed E-state index contributed by atoms with van der Waals surface area (Å²) in [6.45, 7) is 2.98. The summed E-state index contributed by atoms with van der Waals surface area (Å²) in [6, 6.07) is 4.64. The fourth-order valence-electron chi connectivity index (χ4n) is 2.28. The Labute approximate surface area is 146 Å². The lowest BCUT2D eigenvalue weighted by Crippen LogP contribution is -2.17. The topological polar surface area (TPSA) is 99.1 Å². The summed E-state index contributed by atoms with van der Waals surface area (Å²) in [6.07, 6.45) is 1.44. The molecule has 0 aliphatic rings. The summed E-state index contributed by atoms with van der Waals surface area (Å²) in [5, 5.41) is 9.58. The minimum atomic E-state index is -1.26. The number of ether oxygens (including phenoxy) is 3. The van der Waals surface area contributed by atoms with E-state index in [9.17, 15) is 19.5 Å². The van der Waals surface area contributed by atoms with Crippen LogP contribution in [0.2, 0.25) is 0 Å². The van der Waals surface area contributed by atoms with Crippen LogP contribution in [-0.2, 0) is 19.1 Å². The lowest BCUT2D eigenvalue weighted by Gasteiger charge is -2.15. The van der Waals surface area contributed by atoms with Crippen LogP contribution in [0.1, 0.15) is 38.7 Å². The molecular formula is C18H22O7. The zero-order valence-electron chi connectivity index (χ0n) is 14.8. The van der Waals surface area contributed by atoms with Crippen molar-refractivity contribution in [2.75, 3.05) is 14.2 Å². The van der Waals surface area contributed by atoms with Crippen LogP contribution < -0.4 is 9.47 Å². The van der Waals surface area contributed by atoms with Gasteiger partial charge in [-0.2, -0.15) is 0 Å². The van der Waals surface area contributed by atoms with Crippen molar-refractivity contribution in [1.82, 2.24) is 0 Å². The molecule has 7 nitrogen and oxygen atoms in total. The third-order valence-corrected chi connectivity index (χ3v) is 3.46. The van der Waals surface area contributed by atoms with Crippen molar-refractivity contribution in [3.05, 3.63) is 29.3 Å². The van der Waals surface area contributed by atoms with Crippen LogP contribution in [0.25, 0.3) is 5.57 Å². The van der Waals surface area contributed by atoms with Crippen LogP contribution >= 0.6 is 0 Å². The quantitative estimate of drug-likeness (QED) is 0.437. The van der Waals surface area contributed by atoms with Gasteiger partial charge in [0, 0.05) is 12.5 Å². The summed E-state index contributed by atoms with van der Waals surface area (Å²) in [4.78, 5) is 35.4. The SMILES string of the molecule is CCCCC(C(=O)O)=C(C(=O)OC(C)=O)c1cc(OC)ccc1OC. The Morgan fingerprint density at radius 2 is 1.80 bits per heavy atom. The number of unbranched alkanes of at least 4 members (excludes halogenated alkanes) is 1. The third-order valence-electron chi connectivity index (χ3n) is 3.46. The summed E-state index contributed by atoms with van der Waals surface area (Å²) >= 11 is 0. The molecule has 136 valence electrons. The van der Waals surface area contributed by atoms with Gasteiger partial charge in [0.25, 0.3) is 0 Å². The molecule has 1 aromatic carbocycles. The van der Waals surface area contributed by atoms with E-state index in [0.717, 1.165) is 13.3 Å². The van der Waals surface area contributed by atoms with Gasteiger partial charge in [-0.25, -0.2) is 9.59 Å². The molecule has 0 unspecified atom stereocenters. The van der Waals surface area contributed by atoms with E-state index in [4.69, 9.17) is 9.47 Å². The Kier molecular flexibility index (Phi) is 7.65. The predicted molar refractivity (Wildman–Crippen MR) is 90.4 cm³/mol. The summed E-state index contributed by atoms with van der Waals surface area (Å²) in [5.41, 5.74) is -0.159. The number of benzene rings is 1. The van der Waals surface area contributed by atoms with Gasteiger partial charge in [0.1, 0.15) is 11.5 Å². The fraction of sp³-hybridized carbons (Fsp3) is 0.389. The highest BCUT2D eigenvalue weighted by atomic mass is 16.6. The summed E-state index contributed by atoms with van der Waals surface area (Å²) in [5.74, 6) is -2.44. The molecule has 0 heterocycles. The number of methoxy groups -OCH3 is 2. The van der Waals surface area contributed by atoms with Crippen molar-refractivity contribution < 1.29 is 33.7 Å². The third kappa shape index (κ3) is 5.34. The number of hydrogen-bond acceptors (Lipinski definition) is 6. The molecule has 0 fully saturated rings. The van der Waals surface area contributed by atoms with E-state index in [1.165, 1.54) is 20.3 Å². The van der Waals surface area contributed by atoms with Crippen LogP contribution in [0.3, 0.4) is 0 Å². The van der Waals surface area contributed by atoms with Crippen molar-refractivity contribution in [3.8, 4) is 11.5 Å². The second-order valence-corrected chi connectivity index (χ2v) is 5.21. The molecule has 0 atom stereocenters. The maximum absolute atomic E-state index is 12.5. The van der Waals surface area contributed by atoms with E-state index < -0.39 is 17.9 Å². The maximum atomic E-state index is 12.5. The van der Waals surface area contributed by atoms with Crippen molar-refractivity contribution in [1.29, 1.82) is 0 Å². The van der Waals surface area contributed by atoms with Crippen LogP contribution in [0.4, 0.5) is 0 Å². The van der Waals surface area contributed by atoms with Crippen molar-refractivity contribution in [3.63, 3.8) is 0 Å². The molecule has 0 radical (unpaired) electrons. The van der Waals surface area contributed by atoms with Gasteiger partial charge >= 0.3 is 17.9 Å². The highest BCUT2D eigenvalue weighted by Gasteiger charge is 2.27. The number of hydrogen-bond donors (Lipinski definition) is 1. The number of rotatable bonds is 8. The van der Waals surface area contributed by atoms with E-state index in [1.807, 2.05) is 6.92 Å². The standard InChI is InChI=1S/C18H22O7/c1-5-6-7-13(17(20)21)16(18(22)25-11(2)19)14-10-12(23-3)8-9-15(14)24-4/h8-10H,5-7H2,1-4H3,(H,20,21). The Morgan fingerprint density at radius 1 is 1.12 bits per heavy atom. The van der Waals surface area contributed by atoms with Crippen LogP contribution in [-0.4, -0.2) is 37.2 Å². The molecule has 7 heteroatoms. The van der Waals surface area contributed by atoms with E-state index in [0.29, 0.717) is 12.2 Å². The van der Waals surface area contributed by atoms with Crippen LogP contribution in [0.5, 0.6) is 11.5 Å². The van der Waals surface area contributed by atoms with Gasteiger partial charge in [0.15, 0.2) is 0 Å². The molecule has 0 aromatic heterocycles. The Balaban J connectivity index is 3.68. The fourth-order valence-corrected chi connectivity index (χ4v) is 2.28. The largest absolute Gasteiger partial charge is 0.497 e. The van der Waals surface area contributed by atoms with Crippen molar-refractivity contribution in [2.45, 2.75) is 33.1 Å².